The maximum atomic E-state index is 14.1. The smallest absolute Gasteiger partial charge is 0.313 e. The summed E-state index contributed by atoms with van der Waals surface area (Å²) in [6, 6.07) is 8.22. The second kappa shape index (κ2) is 13.5. The van der Waals surface area contributed by atoms with Crippen LogP contribution in [0.4, 0.5) is 13.2 Å². The summed E-state index contributed by atoms with van der Waals surface area (Å²) < 4.78 is 51.3. The summed E-state index contributed by atoms with van der Waals surface area (Å²) in [4.78, 5) is 49.7. The van der Waals surface area contributed by atoms with E-state index in [-0.39, 0.29) is 11.6 Å². The summed E-state index contributed by atoms with van der Waals surface area (Å²) in [5, 5.41) is 7.81. The molecule has 0 saturated carbocycles. The van der Waals surface area contributed by atoms with Crippen molar-refractivity contribution >= 4 is 29.3 Å². The van der Waals surface area contributed by atoms with Gasteiger partial charge in [-0.25, -0.2) is 8.78 Å². The number of allylic oxidation sites excluding steroid dienone is 1. The first-order chi connectivity index (χ1) is 19.0. The van der Waals surface area contributed by atoms with E-state index in [1.807, 2.05) is 44.2 Å². The van der Waals surface area contributed by atoms with Gasteiger partial charge in [-0.05, 0) is 31.4 Å². The van der Waals surface area contributed by atoms with Gasteiger partial charge in [0, 0.05) is 23.5 Å². The van der Waals surface area contributed by atoms with Gasteiger partial charge in [-0.2, -0.15) is 4.39 Å². The Hall–Kier alpha value is -4.61. The summed E-state index contributed by atoms with van der Waals surface area (Å²) in [7, 11) is 0. The fourth-order valence-electron chi connectivity index (χ4n) is 3.62. The Morgan fingerprint density at radius 1 is 1.05 bits per heavy atom. The van der Waals surface area contributed by atoms with Crippen molar-refractivity contribution in [1.82, 2.24) is 16.0 Å². The molecule has 1 aliphatic rings. The van der Waals surface area contributed by atoms with Crippen LogP contribution < -0.4 is 25.4 Å². The Labute approximate surface area is 228 Å². The predicted molar refractivity (Wildman–Crippen MR) is 138 cm³/mol. The molecule has 0 aromatic heterocycles. The standard InChI is InChI=1S/C28H28F3N3O6/c1-4-15(2)25(17-8-6-5-7-9-17)32-12-16(3)28(38)33-13-22(36)34-20-11-23(37)40-26-19(30)10-18(29)24(31)27(26)39-14-21(20)35/h5-10,12,20,32H,4,11,13-14H2,1-3H3,(H,33,38)(H,34,36)/b16-12+,25-15-. The number of carbonyl (C=O) groups excluding carboxylic acids is 4. The highest BCUT2D eigenvalue weighted by Gasteiger charge is 2.31. The molecule has 0 spiro atoms. The molecular formula is C28H28F3N3O6. The van der Waals surface area contributed by atoms with E-state index in [0.717, 1.165) is 23.3 Å². The monoisotopic (exact) mass is 559 g/mol. The van der Waals surface area contributed by atoms with Crippen LogP contribution in [-0.2, 0) is 19.2 Å². The molecule has 2 amide bonds. The number of hydrogen-bond acceptors (Lipinski definition) is 7. The second-order valence-corrected chi connectivity index (χ2v) is 8.90. The number of carbonyl (C=O) groups is 4. The van der Waals surface area contributed by atoms with E-state index < -0.39 is 78.1 Å². The molecule has 212 valence electrons. The molecule has 2 aromatic rings. The van der Waals surface area contributed by atoms with Crippen molar-refractivity contribution in [1.29, 1.82) is 0 Å². The van der Waals surface area contributed by atoms with Crippen molar-refractivity contribution in [3.05, 3.63) is 76.8 Å². The molecule has 3 rings (SSSR count). The summed E-state index contributed by atoms with van der Waals surface area (Å²) in [6.45, 7) is 4.05. The number of amides is 2. The SMILES string of the molecule is CC/C(C)=C(\N/C=C(\C)C(=O)NCC(=O)NC1CC(=O)Oc2c(F)cc(F)c(F)c2OCC1=O)c1ccccc1. The van der Waals surface area contributed by atoms with Crippen molar-refractivity contribution in [2.45, 2.75) is 39.7 Å². The first kappa shape index (κ1) is 29.9. The van der Waals surface area contributed by atoms with E-state index in [1.54, 1.807) is 0 Å². The van der Waals surface area contributed by atoms with Crippen molar-refractivity contribution in [3.8, 4) is 11.5 Å². The normalized spacial score (nSPS) is 16.2. The third-order valence-corrected chi connectivity index (χ3v) is 5.98. The van der Waals surface area contributed by atoms with Crippen LogP contribution >= 0.6 is 0 Å². The van der Waals surface area contributed by atoms with Gasteiger partial charge in [-0.15, -0.1) is 0 Å². The Balaban J connectivity index is 1.60. The minimum absolute atomic E-state index is 0.169. The van der Waals surface area contributed by atoms with Gasteiger partial charge in [-0.3, -0.25) is 19.2 Å². The number of fused-ring (bicyclic) bond motifs is 1. The summed E-state index contributed by atoms with van der Waals surface area (Å²) in [5.74, 6) is -10.2. The molecule has 0 bridgehead atoms. The van der Waals surface area contributed by atoms with Gasteiger partial charge >= 0.3 is 5.97 Å². The zero-order valence-corrected chi connectivity index (χ0v) is 22.0. The van der Waals surface area contributed by atoms with E-state index in [2.05, 4.69) is 16.0 Å². The first-order valence-electron chi connectivity index (χ1n) is 12.3. The van der Waals surface area contributed by atoms with Crippen molar-refractivity contribution in [2.75, 3.05) is 13.2 Å². The summed E-state index contributed by atoms with van der Waals surface area (Å²) in [5.41, 5.74) is 3.10. The number of rotatable bonds is 8. The van der Waals surface area contributed by atoms with Crippen LogP contribution in [0.1, 0.15) is 39.2 Å². The van der Waals surface area contributed by atoms with Gasteiger partial charge in [0.1, 0.15) is 12.6 Å². The van der Waals surface area contributed by atoms with Crippen LogP contribution in [0.3, 0.4) is 0 Å². The zero-order valence-electron chi connectivity index (χ0n) is 22.0. The van der Waals surface area contributed by atoms with Crippen LogP contribution in [-0.4, -0.2) is 42.8 Å². The highest BCUT2D eigenvalue weighted by atomic mass is 19.2. The maximum Gasteiger partial charge on any atom is 0.313 e. The molecule has 0 saturated heterocycles. The molecule has 0 radical (unpaired) electrons. The van der Waals surface area contributed by atoms with Gasteiger partial charge in [0.2, 0.25) is 29.1 Å². The Morgan fingerprint density at radius 3 is 2.42 bits per heavy atom. The van der Waals surface area contributed by atoms with Gasteiger partial charge in [-0.1, -0.05) is 37.3 Å². The van der Waals surface area contributed by atoms with Gasteiger partial charge in [0.05, 0.1) is 13.0 Å². The quantitative estimate of drug-likeness (QED) is 0.196. The van der Waals surface area contributed by atoms with Crippen LogP contribution in [0.2, 0.25) is 0 Å². The predicted octanol–water partition coefficient (Wildman–Crippen LogP) is 3.30. The third-order valence-electron chi connectivity index (χ3n) is 5.98. The molecule has 3 N–H and O–H groups in total. The van der Waals surface area contributed by atoms with Crippen molar-refractivity contribution in [3.63, 3.8) is 0 Å². The van der Waals surface area contributed by atoms with Crippen molar-refractivity contribution < 1.29 is 41.8 Å². The minimum Gasteiger partial charge on any atom is -0.479 e. The molecule has 0 fully saturated rings. The van der Waals surface area contributed by atoms with E-state index in [1.165, 1.54) is 13.1 Å². The number of benzene rings is 2. The average molecular weight is 560 g/mol. The molecular weight excluding hydrogens is 531 g/mol. The molecule has 40 heavy (non-hydrogen) atoms. The van der Waals surface area contributed by atoms with Gasteiger partial charge in [0.25, 0.3) is 0 Å². The fourth-order valence-corrected chi connectivity index (χ4v) is 3.62. The Bertz CT molecular complexity index is 1380. The maximum absolute atomic E-state index is 14.1. The highest BCUT2D eigenvalue weighted by Crippen LogP contribution is 2.36. The average Bonchev–Trinajstić information content (AvgIpc) is 2.99. The number of ketones is 1. The number of ether oxygens (including phenoxy) is 2. The number of halogens is 3. The van der Waals surface area contributed by atoms with Crippen molar-refractivity contribution in [2.24, 2.45) is 0 Å². The van der Waals surface area contributed by atoms with E-state index >= 15 is 0 Å². The van der Waals surface area contributed by atoms with E-state index in [4.69, 9.17) is 9.47 Å². The zero-order chi connectivity index (χ0) is 29.4. The lowest BCUT2D eigenvalue weighted by Gasteiger charge is -2.16. The molecule has 1 heterocycles. The summed E-state index contributed by atoms with van der Waals surface area (Å²) >= 11 is 0. The number of Topliss-reactive ketones (excluding diaryl/α,β-unsaturated/α-hetero) is 1. The molecule has 1 aliphatic heterocycles. The lowest BCUT2D eigenvalue weighted by atomic mass is 10.1. The van der Waals surface area contributed by atoms with Crippen LogP contribution in [0.5, 0.6) is 11.5 Å². The highest BCUT2D eigenvalue weighted by molar-refractivity contribution is 5.97. The van der Waals surface area contributed by atoms with Crippen LogP contribution in [0.15, 0.2) is 53.7 Å². The first-order valence-corrected chi connectivity index (χ1v) is 12.3. The van der Waals surface area contributed by atoms with Gasteiger partial charge in [0.15, 0.2) is 17.4 Å². The molecule has 1 unspecified atom stereocenters. The third kappa shape index (κ3) is 7.49. The lowest BCUT2D eigenvalue weighted by molar-refractivity contribution is -0.138. The minimum atomic E-state index is -1.64. The second-order valence-electron chi connectivity index (χ2n) is 8.90. The largest absolute Gasteiger partial charge is 0.479 e. The van der Waals surface area contributed by atoms with Crippen LogP contribution in [0.25, 0.3) is 5.70 Å². The number of nitrogens with one attached hydrogen (secondary N) is 3. The number of hydrogen-bond donors (Lipinski definition) is 3. The molecule has 9 nitrogen and oxygen atoms in total. The van der Waals surface area contributed by atoms with E-state index in [9.17, 15) is 32.3 Å². The van der Waals surface area contributed by atoms with E-state index in [0.29, 0.717) is 0 Å². The Morgan fingerprint density at radius 2 is 1.75 bits per heavy atom. The fraction of sp³-hybridized carbons (Fsp3) is 0.286. The molecule has 2 aromatic carbocycles. The molecule has 1 atom stereocenters. The molecule has 0 aliphatic carbocycles. The summed E-state index contributed by atoms with van der Waals surface area (Å²) in [6.07, 6.45) is 1.54. The lowest BCUT2D eigenvalue weighted by Crippen LogP contribution is -2.48. The molecule has 12 heteroatoms. The van der Waals surface area contributed by atoms with Crippen LogP contribution in [0, 0.1) is 17.5 Å². The Kier molecular flexibility index (Phi) is 10.1. The van der Waals surface area contributed by atoms with Gasteiger partial charge < -0.3 is 25.4 Å². The topological polar surface area (TPSA) is 123 Å². The number of esters is 1.